The van der Waals surface area contributed by atoms with Crippen molar-refractivity contribution in [2.75, 3.05) is 5.32 Å². The summed E-state index contributed by atoms with van der Waals surface area (Å²) in [5.74, 6) is -0.384. The monoisotopic (exact) mass is 351 g/mol. The van der Waals surface area contributed by atoms with E-state index in [0.29, 0.717) is 5.69 Å². The summed E-state index contributed by atoms with van der Waals surface area (Å²) in [6.45, 7) is 1.43. The van der Waals surface area contributed by atoms with E-state index in [1.807, 2.05) is 0 Å². The molecular formula is C14H12F3N7O. The summed E-state index contributed by atoms with van der Waals surface area (Å²) in [6, 6.07) is 6.48. The van der Waals surface area contributed by atoms with Crippen molar-refractivity contribution < 1.29 is 18.0 Å². The van der Waals surface area contributed by atoms with Gasteiger partial charge in [0.1, 0.15) is 18.7 Å². The summed E-state index contributed by atoms with van der Waals surface area (Å²) in [4.78, 5) is 12.1. The van der Waals surface area contributed by atoms with Gasteiger partial charge in [-0.15, -0.1) is 5.10 Å². The molecule has 0 saturated carbocycles. The fourth-order valence-corrected chi connectivity index (χ4v) is 2.25. The van der Waals surface area contributed by atoms with E-state index in [2.05, 4.69) is 25.9 Å². The zero-order chi connectivity index (χ0) is 18.0. The predicted octanol–water partition coefficient (Wildman–Crippen LogP) is 1.82. The van der Waals surface area contributed by atoms with Crippen LogP contribution in [0.15, 0.2) is 36.7 Å². The Labute approximate surface area is 139 Å². The fourth-order valence-electron chi connectivity index (χ4n) is 2.25. The molecule has 1 aromatic carbocycles. The molecule has 8 nitrogen and oxygen atoms in total. The number of nitrogens with zero attached hydrogens (tertiary/aromatic N) is 6. The minimum absolute atomic E-state index is 0.118. The molecule has 2 aromatic heterocycles. The van der Waals surface area contributed by atoms with E-state index in [-0.39, 0.29) is 18.1 Å². The number of para-hydroxylation sites is 1. The zero-order valence-electron chi connectivity index (χ0n) is 12.9. The van der Waals surface area contributed by atoms with E-state index in [1.165, 1.54) is 35.3 Å². The van der Waals surface area contributed by atoms with Crippen molar-refractivity contribution in [2.45, 2.75) is 19.6 Å². The number of alkyl halides is 3. The van der Waals surface area contributed by atoms with Crippen LogP contribution in [-0.4, -0.2) is 35.9 Å². The molecule has 0 aliphatic rings. The molecule has 130 valence electrons. The molecule has 3 rings (SSSR count). The van der Waals surface area contributed by atoms with Gasteiger partial charge in [-0.25, -0.2) is 9.36 Å². The molecule has 0 saturated heterocycles. The van der Waals surface area contributed by atoms with E-state index < -0.39 is 17.6 Å². The molecule has 11 heteroatoms. The lowest BCUT2D eigenvalue weighted by molar-refractivity contribution is -0.137. The molecule has 0 radical (unpaired) electrons. The van der Waals surface area contributed by atoms with Crippen molar-refractivity contribution in [2.24, 2.45) is 0 Å². The third-order valence-corrected chi connectivity index (χ3v) is 3.23. The molecule has 0 spiro atoms. The Balaban J connectivity index is 1.93. The highest BCUT2D eigenvalue weighted by Crippen LogP contribution is 2.34. The van der Waals surface area contributed by atoms with Crippen LogP contribution in [0.1, 0.15) is 11.3 Å². The van der Waals surface area contributed by atoms with Crippen LogP contribution < -0.4 is 5.32 Å². The number of carbonyl (C=O) groups excluding carboxylic acids is 1. The quantitative estimate of drug-likeness (QED) is 0.774. The zero-order valence-corrected chi connectivity index (χ0v) is 12.9. The van der Waals surface area contributed by atoms with Crippen molar-refractivity contribution in [1.29, 1.82) is 0 Å². The number of amides is 1. The highest BCUT2D eigenvalue weighted by atomic mass is 19.4. The smallest absolute Gasteiger partial charge is 0.309 e. The van der Waals surface area contributed by atoms with Gasteiger partial charge >= 0.3 is 6.18 Å². The number of hydrogen-bond donors (Lipinski definition) is 1. The summed E-state index contributed by atoms with van der Waals surface area (Å²) < 4.78 is 41.9. The van der Waals surface area contributed by atoms with Gasteiger partial charge in [-0.1, -0.05) is 12.1 Å². The molecule has 0 bridgehead atoms. The number of nitrogens with one attached hydrogen (secondary N) is 1. The average Bonchev–Trinajstić information content (AvgIpc) is 3.16. The Bertz CT molecular complexity index is 886. The Hall–Kier alpha value is -3.24. The van der Waals surface area contributed by atoms with E-state index in [1.54, 1.807) is 6.92 Å². The summed E-state index contributed by atoms with van der Waals surface area (Å²) in [5, 5.41) is 16.9. The van der Waals surface area contributed by atoms with Gasteiger partial charge in [0.15, 0.2) is 0 Å². The van der Waals surface area contributed by atoms with Crippen molar-refractivity contribution in [3.05, 3.63) is 47.9 Å². The van der Waals surface area contributed by atoms with E-state index in [4.69, 9.17) is 0 Å². The topological polar surface area (TPSA) is 90.5 Å². The minimum atomic E-state index is -4.55. The summed E-state index contributed by atoms with van der Waals surface area (Å²) in [5.41, 5.74) is -0.579. The molecule has 0 unspecified atom stereocenters. The molecule has 2 heterocycles. The second-order valence-electron chi connectivity index (χ2n) is 5.15. The first-order chi connectivity index (χ1) is 11.8. The maximum Gasteiger partial charge on any atom is 0.418 e. The lowest BCUT2D eigenvalue weighted by Crippen LogP contribution is -2.21. The second-order valence-corrected chi connectivity index (χ2v) is 5.15. The number of benzene rings is 1. The number of halogens is 3. The Kier molecular flexibility index (Phi) is 4.21. The van der Waals surface area contributed by atoms with E-state index in [9.17, 15) is 18.0 Å². The fraction of sp³-hybridized carbons (Fsp3) is 0.214. The van der Waals surface area contributed by atoms with Gasteiger partial charge in [0, 0.05) is 6.07 Å². The first kappa shape index (κ1) is 16.6. The predicted molar refractivity (Wildman–Crippen MR) is 79.7 cm³/mol. The van der Waals surface area contributed by atoms with Gasteiger partial charge in [0.25, 0.3) is 0 Å². The molecule has 0 aliphatic carbocycles. The highest BCUT2D eigenvalue weighted by molar-refractivity contribution is 5.90. The van der Waals surface area contributed by atoms with Crippen LogP contribution in [0.5, 0.6) is 0 Å². The number of anilines is 1. The number of rotatable bonds is 4. The molecule has 0 aliphatic heterocycles. The van der Waals surface area contributed by atoms with Crippen LogP contribution in [0.25, 0.3) is 5.69 Å². The molecule has 3 aromatic rings. The van der Waals surface area contributed by atoms with Gasteiger partial charge in [-0.05, 0) is 29.5 Å². The lowest BCUT2D eigenvalue weighted by atomic mass is 10.1. The summed E-state index contributed by atoms with van der Waals surface area (Å²) in [7, 11) is 0. The first-order valence-electron chi connectivity index (χ1n) is 7.08. The van der Waals surface area contributed by atoms with Crippen LogP contribution in [0.2, 0.25) is 0 Å². The van der Waals surface area contributed by atoms with Gasteiger partial charge in [-0.2, -0.15) is 18.3 Å². The van der Waals surface area contributed by atoms with Gasteiger partial charge in [0.2, 0.25) is 5.91 Å². The Morgan fingerprint density at radius 3 is 2.72 bits per heavy atom. The average molecular weight is 351 g/mol. The maximum atomic E-state index is 13.2. The van der Waals surface area contributed by atoms with Crippen LogP contribution in [-0.2, 0) is 17.5 Å². The summed E-state index contributed by atoms with van der Waals surface area (Å²) >= 11 is 0. The normalized spacial score (nSPS) is 11.5. The molecular weight excluding hydrogens is 339 g/mol. The Morgan fingerprint density at radius 1 is 1.28 bits per heavy atom. The summed E-state index contributed by atoms with van der Waals surface area (Å²) in [6.07, 6.45) is -3.30. The Morgan fingerprint density at radius 2 is 2.04 bits per heavy atom. The number of hydrogen-bond acceptors (Lipinski definition) is 5. The minimum Gasteiger partial charge on any atom is -0.309 e. The first-order valence-corrected chi connectivity index (χ1v) is 7.08. The van der Waals surface area contributed by atoms with E-state index >= 15 is 0 Å². The SMILES string of the molecule is Cc1cc(NC(=O)Cn2cnnn2)n(-c2ccccc2C(F)(F)F)n1. The van der Waals surface area contributed by atoms with Gasteiger partial charge in [-0.3, -0.25) is 4.79 Å². The third kappa shape index (κ3) is 3.65. The molecule has 0 fully saturated rings. The molecule has 1 amide bonds. The van der Waals surface area contributed by atoms with Crippen molar-refractivity contribution in [3.63, 3.8) is 0 Å². The molecule has 0 atom stereocenters. The van der Waals surface area contributed by atoms with Crippen molar-refractivity contribution in [1.82, 2.24) is 30.0 Å². The third-order valence-electron chi connectivity index (χ3n) is 3.23. The van der Waals surface area contributed by atoms with Crippen molar-refractivity contribution >= 4 is 11.7 Å². The van der Waals surface area contributed by atoms with Gasteiger partial charge < -0.3 is 5.32 Å². The number of aromatic nitrogens is 6. The van der Waals surface area contributed by atoms with Crippen molar-refractivity contribution in [3.8, 4) is 5.69 Å². The van der Waals surface area contributed by atoms with Crippen LogP contribution in [0.3, 0.4) is 0 Å². The van der Waals surface area contributed by atoms with Crippen LogP contribution in [0, 0.1) is 6.92 Å². The number of aryl methyl sites for hydroxylation is 1. The van der Waals surface area contributed by atoms with Crippen LogP contribution >= 0.6 is 0 Å². The van der Waals surface area contributed by atoms with Crippen LogP contribution in [0.4, 0.5) is 19.0 Å². The molecule has 1 N–H and O–H groups in total. The second kappa shape index (κ2) is 6.34. The standard InChI is InChI=1S/C14H12F3N7O/c1-9-6-12(19-13(25)7-23-8-18-21-22-23)24(20-9)11-5-3-2-4-10(11)14(15,16)17/h2-6,8H,7H2,1H3,(H,19,25). The lowest BCUT2D eigenvalue weighted by Gasteiger charge is -2.15. The largest absolute Gasteiger partial charge is 0.418 e. The number of carbonyl (C=O) groups is 1. The number of tetrazole rings is 1. The van der Waals surface area contributed by atoms with E-state index in [0.717, 1.165) is 10.7 Å². The maximum absolute atomic E-state index is 13.2. The highest BCUT2D eigenvalue weighted by Gasteiger charge is 2.34. The van der Waals surface area contributed by atoms with Gasteiger partial charge in [0.05, 0.1) is 16.9 Å². The molecule has 25 heavy (non-hydrogen) atoms.